The van der Waals surface area contributed by atoms with Gasteiger partial charge in [0.2, 0.25) is 0 Å². The Morgan fingerprint density at radius 2 is 1.73 bits per heavy atom. The molecule has 0 spiro atoms. The van der Waals surface area contributed by atoms with Crippen LogP contribution in [0.2, 0.25) is 0 Å². The predicted molar refractivity (Wildman–Crippen MR) is 114 cm³/mol. The summed E-state index contributed by atoms with van der Waals surface area (Å²) in [7, 11) is 0. The second-order valence-corrected chi connectivity index (χ2v) is 8.65. The minimum atomic E-state index is -0.436. The van der Waals surface area contributed by atoms with Crippen molar-refractivity contribution in [3.05, 3.63) is 29.8 Å². The molecule has 0 saturated carbocycles. The third-order valence-electron chi connectivity index (χ3n) is 4.23. The second kappa shape index (κ2) is 10.1. The number of likely N-dealkylation sites (tertiary alicyclic amines) is 1. The molecule has 0 radical (unpaired) electrons. The highest BCUT2D eigenvalue weighted by Crippen LogP contribution is 2.28. The number of thioether (sulfide) groups is 1. The summed E-state index contributed by atoms with van der Waals surface area (Å²) in [6.07, 6.45) is 3.74. The maximum Gasteiger partial charge on any atom is 0.410 e. The molecular weight excluding hydrogens is 344 g/mol. The highest BCUT2D eigenvalue weighted by atomic mass is 32.2. The first-order chi connectivity index (χ1) is 12.2. The lowest BCUT2D eigenvalue weighted by atomic mass is 9.89. The van der Waals surface area contributed by atoms with Crippen LogP contribution >= 0.6 is 11.8 Å². The van der Waals surface area contributed by atoms with E-state index >= 15 is 0 Å². The first-order valence-corrected chi connectivity index (χ1v) is 10.9. The van der Waals surface area contributed by atoms with Gasteiger partial charge in [0.15, 0.2) is 0 Å². The summed E-state index contributed by atoms with van der Waals surface area (Å²) in [4.78, 5) is 14.0. The summed E-state index contributed by atoms with van der Waals surface area (Å²) in [5.74, 6) is 1.04. The molecule has 1 amide bonds. The van der Waals surface area contributed by atoms with Crippen LogP contribution in [0.5, 0.6) is 0 Å². The number of nitrogens with one attached hydrogen (secondary N) is 1. The van der Waals surface area contributed by atoms with Crippen molar-refractivity contribution >= 4 is 23.5 Å². The topological polar surface area (TPSA) is 41.6 Å². The molecule has 26 heavy (non-hydrogen) atoms. The van der Waals surface area contributed by atoms with Gasteiger partial charge in [0.25, 0.3) is 0 Å². The minimum absolute atomic E-state index is 0.0134. The summed E-state index contributed by atoms with van der Waals surface area (Å²) in [6, 6.07) is 8.66. The Morgan fingerprint density at radius 3 is 2.19 bits per heavy atom. The van der Waals surface area contributed by atoms with Gasteiger partial charge >= 0.3 is 6.09 Å². The quantitative estimate of drug-likeness (QED) is 0.719. The van der Waals surface area contributed by atoms with Crippen molar-refractivity contribution in [2.24, 2.45) is 0 Å². The van der Waals surface area contributed by atoms with E-state index in [-0.39, 0.29) is 11.6 Å². The van der Waals surface area contributed by atoms with E-state index in [9.17, 15) is 4.79 Å². The lowest BCUT2D eigenvalue weighted by Crippen LogP contribution is -2.50. The number of anilines is 1. The average Bonchev–Trinajstić information content (AvgIpc) is 2.57. The minimum Gasteiger partial charge on any atom is -0.444 e. The molecule has 0 unspecified atom stereocenters. The predicted octanol–water partition coefficient (Wildman–Crippen LogP) is 5.78. The fraction of sp³-hybridized carbons (Fsp3) is 0.667. The molecule has 0 aliphatic carbocycles. The fourth-order valence-electron chi connectivity index (χ4n) is 2.83. The molecule has 2 rings (SSSR count). The molecule has 4 nitrogen and oxygen atoms in total. The van der Waals surface area contributed by atoms with Gasteiger partial charge < -0.3 is 15.0 Å². The van der Waals surface area contributed by atoms with Crippen LogP contribution in [0.3, 0.4) is 0 Å². The zero-order valence-corrected chi connectivity index (χ0v) is 18.3. The molecule has 1 aromatic carbocycles. The molecule has 148 valence electrons. The highest BCUT2D eigenvalue weighted by Gasteiger charge is 2.33. The summed E-state index contributed by atoms with van der Waals surface area (Å²) in [6.45, 7) is 13.4. The van der Waals surface area contributed by atoms with Crippen LogP contribution in [0.25, 0.3) is 0 Å². The van der Waals surface area contributed by atoms with E-state index in [2.05, 4.69) is 42.8 Å². The van der Waals surface area contributed by atoms with Crippen molar-refractivity contribution in [3.8, 4) is 0 Å². The van der Waals surface area contributed by atoms with E-state index in [1.54, 1.807) is 0 Å². The van der Waals surface area contributed by atoms with Gasteiger partial charge in [-0.15, -0.1) is 0 Å². The SMILES string of the molecule is CC.CSCc1ccc(NC2(C)CCN(C(=O)OC(C)(C)C)CC2)cc1. The van der Waals surface area contributed by atoms with Gasteiger partial charge in [-0.05, 0) is 64.5 Å². The highest BCUT2D eigenvalue weighted by molar-refractivity contribution is 7.97. The molecule has 1 saturated heterocycles. The third kappa shape index (κ3) is 7.48. The van der Waals surface area contributed by atoms with Gasteiger partial charge in [0.05, 0.1) is 0 Å². The van der Waals surface area contributed by atoms with E-state index in [1.807, 2.05) is 51.3 Å². The van der Waals surface area contributed by atoms with Crippen LogP contribution in [0, 0.1) is 0 Å². The molecule has 0 bridgehead atoms. The van der Waals surface area contributed by atoms with Crippen LogP contribution in [0.4, 0.5) is 10.5 Å². The van der Waals surface area contributed by atoms with Crippen LogP contribution in [0.1, 0.15) is 59.9 Å². The summed E-state index contributed by atoms with van der Waals surface area (Å²) in [5, 5.41) is 3.65. The number of hydrogen-bond donors (Lipinski definition) is 1. The normalized spacial score (nSPS) is 16.3. The molecule has 0 aromatic heterocycles. The maximum absolute atomic E-state index is 12.2. The largest absolute Gasteiger partial charge is 0.444 e. The van der Waals surface area contributed by atoms with Crippen molar-refractivity contribution in [1.82, 2.24) is 4.90 Å². The summed E-state index contributed by atoms with van der Waals surface area (Å²) >= 11 is 1.83. The average molecular weight is 381 g/mol. The lowest BCUT2D eigenvalue weighted by molar-refractivity contribution is 0.0184. The van der Waals surface area contributed by atoms with Gasteiger partial charge in [0, 0.05) is 30.1 Å². The molecular formula is C21H36N2O2S. The monoisotopic (exact) mass is 380 g/mol. The Bertz CT molecular complexity index is 544. The molecule has 5 heteroatoms. The number of nitrogens with zero attached hydrogens (tertiary/aromatic N) is 1. The Labute approximate surface area is 164 Å². The van der Waals surface area contributed by atoms with Gasteiger partial charge in [0.1, 0.15) is 5.60 Å². The Hall–Kier alpha value is -1.36. The van der Waals surface area contributed by atoms with Crippen LogP contribution < -0.4 is 5.32 Å². The van der Waals surface area contributed by atoms with Crippen LogP contribution in [-0.2, 0) is 10.5 Å². The molecule has 1 aliphatic heterocycles. The van der Waals surface area contributed by atoms with Gasteiger partial charge in [-0.2, -0.15) is 11.8 Å². The van der Waals surface area contributed by atoms with E-state index in [0.717, 1.165) is 37.4 Å². The lowest BCUT2D eigenvalue weighted by Gasteiger charge is -2.40. The van der Waals surface area contributed by atoms with E-state index in [1.165, 1.54) is 5.56 Å². The number of rotatable bonds is 4. The maximum atomic E-state index is 12.2. The number of carbonyl (C=O) groups excluding carboxylic acids is 1. The van der Waals surface area contributed by atoms with E-state index < -0.39 is 5.60 Å². The first kappa shape index (κ1) is 22.7. The first-order valence-electron chi connectivity index (χ1n) is 9.55. The zero-order chi connectivity index (χ0) is 19.8. The van der Waals surface area contributed by atoms with Crippen molar-refractivity contribution in [2.75, 3.05) is 24.7 Å². The van der Waals surface area contributed by atoms with E-state index in [0.29, 0.717) is 0 Å². The third-order valence-corrected chi connectivity index (χ3v) is 4.85. The van der Waals surface area contributed by atoms with Crippen molar-refractivity contribution in [3.63, 3.8) is 0 Å². The number of amides is 1. The molecule has 1 heterocycles. The molecule has 0 atom stereocenters. The number of benzene rings is 1. The number of ether oxygens (including phenoxy) is 1. The molecule has 1 fully saturated rings. The molecule has 1 aromatic rings. The Morgan fingerprint density at radius 1 is 1.19 bits per heavy atom. The number of piperidine rings is 1. The number of hydrogen-bond acceptors (Lipinski definition) is 4. The smallest absolute Gasteiger partial charge is 0.410 e. The Balaban J connectivity index is 0.00000163. The van der Waals surface area contributed by atoms with E-state index in [4.69, 9.17) is 4.74 Å². The molecule has 1 N–H and O–H groups in total. The number of carbonyl (C=O) groups is 1. The van der Waals surface area contributed by atoms with Gasteiger partial charge in [-0.3, -0.25) is 0 Å². The molecule has 1 aliphatic rings. The van der Waals surface area contributed by atoms with Crippen molar-refractivity contribution in [1.29, 1.82) is 0 Å². The van der Waals surface area contributed by atoms with Gasteiger partial charge in [-0.25, -0.2) is 4.79 Å². The van der Waals surface area contributed by atoms with Crippen LogP contribution in [-0.4, -0.2) is 41.5 Å². The summed E-state index contributed by atoms with van der Waals surface area (Å²) < 4.78 is 5.46. The Kier molecular flexibility index (Phi) is 8.81. The summed E-state index contributed by atoms with van der Waals surface area (Å²) in [5.41, 5.74) is 2.07. The second-order valence-electron chi connectivity index (χ2n) is 7.78. The van der Waals surface area contributed by atoms with Crippen molar-refractivity contribution < 1.29 is 9.53 Å². The van der Waals surface area contributed by atoms with Crippen molar-refractivity contribution in [2.45, 2.75) is 71.3 Å². The van der Waals surface area contributed by atoms with Crippen LogP contribution in [0.15, 0.2) is 24.3 Å². The standard InChI is InChI=1S/C19H30N2O2S.C2H6/c1-18(2,3)23-17(22)21-12-10-19(4,11-13-21)20-16-8-6-15(7-9-16)14-24-5;1-2/h6-9,20H,10-14H2,1-5H3;1-2H3. The fourth-order valence-corrected chi connectivity index (χ4v) is 3.36. The van der Waals surface area contributed by atoms with Gasteiger partial charge in [-0.1, -0.05) is 26.0 Å². The zero-order valence-electron chi connectivity index (χ0n) is 17.5.